The summed E-state index contributed by atoms with van der Waals surface area (Å²) in [6, 6.07) is 12.8. The number of hydrazone groups is 1. The Morgan fingerprint density at radius 3 is 2.24 bits per heavy atom. The number of urea groups is 1. The number of guanidine groups is 1. The third-order valence-corrected chi connectivity index (χ3v) is 5.93. The Balaban J connectivity index is 1.52. The maximum atomic E-state index is 13.0. The first-order valence-corrected chi connectivity index (χ1v) is 11.5. The van der Waals surface area contributed by atoms with Crippen LogP contribution < -0.4 is 19.6 Å². The van der Waals surface area contributed by atoms with E-state index in [-0.39, 0.29) is 24.9 Å². The van der Waals surface area contributed by atoms with E-state index in [4.69, 9.17) is 14.2 Å². The zero-order valence-electron chi connectivity index (χ0n) is 21.0. The summed E-state index contributed by atoms with van der Waals surface area (Å²) in [6.45, 7) is -0.0398. The number of carbonyl (C=O) groups excluding carboxylic acids is 2. The molecular formula is C25H29N6O6+. The molecule has 37 heavy (non-hydrogen) atoms. The van der Waals surface area contributed by atoms with Crippen molar-refractivity contribution in [1.82, 2.24) is 15.2 Å². The minimum Gasteiger partial charge on any atom is -0.497 e. The van der Waals surface area contributed by atoms with Gasteiger partial charge >= 0.3 is 12.0 Å². The average Bonchev–Trinajstić information content (AvgIpc) is 3.28. The molecule has 2 aromatic rings. The van der Waals surface area contributed by atoms with Crippen molar-refractivity contribution in [3.63, 3.8) is 0 Å². The quantitative estimate of drug-likeness (QED) is 0.290. The van der Waals surface area contributed by atoms with Gasteiger partial charge in [-0.1, -0.05) is 4.99 Å². The van der Waals surface area contributed by atoms with Gasteiger partial charge in [0, 0.05) is 14.1 Å². The fourth-order valence-electron chi connectivity index (χ4n) is 3.88. The van der Waals surface area contributed by atoms with Crippen LogP contribution in [0.2, 0.25) is 0 Å². The second kappa shape index (κ2) is 11.1. The highest BCUT2D eigenvalue weighted by molar-refractivity contribution is 6.22. The lowest BCUT2D eigenvalue weighted by atomic mass is 10.1. The number of aliphatic hydroxyl groups excluding tert-OH is 1. The molecule has 0 saturated carbocycles. The van der Waals surface area contributed by atoms with Crippen LogP contribution in [0.5, 0.6) is 17.2 Å². The molecule has 12 nitrogen and oxygen atoms in total. The number of methoxy groups -OCH3 is 2. The molecule has 1 saturated heterocycles. The Morgan fingerprint density at radius 2 is 1.62 bits per heavy atom. The largest absolute Gasteiger partial charge is 0.497 e. The zero-order chi connectivity index (χ0) is 26.5. The van der Waals surface area contributed by atoms with Crippen molar-refractivity contribution < 1.29 is 33.5 Å². The minimum absolute atomic E-state index is 0.00415. The van der Waals surface area contributed by atoms with Crippen molar-refractivity contribution in [3.05, 3.63) is 54.1 Å². The van der Waals surface area contributed by atoms with Gasteiger partial charge in [0.05, 0.1) is 27.0 Å². The minimum atomic E-state index is -0.986. The van der Waals surface area contributed by atoms with Gasteiger partial charge in [0.25, 0.3) is 5.91 Å². The molecule has 1 fully saturated rings. The van der Waals surface area contributed by atoms with Gasteiger partial charge in [-0.15, -0.1) is 5.10 Å². The second-order valence-electron chi connectivity index (χ2n) is 8.37. The van der Waals surface area contributed by atoms with E-state index in [1.165, 1.54) is 11.9 Å². The summed E-state index contributed by atoms with van der Waals surface area (Å²) >= 11 is 0. The Labute approximate surface area is 214 Å². The van der Waals surface area contributed by atoms with Crippen molar-refractivity contribution in [2.24, 2.45) is 10.1 Å². The molecule has 0 aliphatic carbocycles. The first kappa shape index (κ1) is 25.6. The number of carbonyl (C=O) groups is 2. The van der Waals surface area contributed by atoms with Gasteiger partial charge in [0.15, 0.2) is 0 Å². The lowest BCUT2D eigenvalue weighted by molar-refractivity contribution is -0.545. The van der Waals surface area contributed by atoms with Gasteiger partial charge in [-0.3, -0.25) is 14.6 Å². The van der Waals surface area contributed by atoms with Gasteiger partial charge in [-0.05, 0) is 54.1 Å². The Hall–Kier alpha value is -4.45. The first-order valence-electron chi connectivity index (χ1n) is 11.5. The monoisotopic (exact) mass is 509 g/mol. The number of amidine groups is 1. The summed E-state index contributed by atoms with van der Waals surface area (Å²) in [5.74, 6) is 1.98. The van der Waals surface area contributed by atoms with E-state index < -0.39 is 24.1 Å². The lowest BCUT2D eigenvalue weighted by Crippen LogP contribution is -2.62. The molecule has 12 heteroatoms. The van der Waals surface area contributed by atoms with Crippen molar-refractivity contribution in [1.29, 1.82) is 0 Å². The zero-order valence-corrected chi connectivity index (χ0v) is 21.0. The number of hydrogen-bond donors (Lipinski definition) is 2. The number of imide groups is 1. The van der Waals surface area contributed by atoms with Gasteiger partial charge in [0.1, 0.15) is 30.0 Å². The molecule has 194 valence electrons. The van der Waals surface area contributed by atoms with Gasteiger partial charge < -0.3 is 19.3 Å². The molecule has 2 N–H and O–H groups in total. The molecule has 2 aliphatic heterocycles. The van der Waals surface area contributed by atoms with Crippen LogP contribution in [-0.2, 0) is 4.79 Å². The SMILES string of the molecule is COc1ccc(/C=N/NC2=[N+](CC(O)COc3ccc(OC)cc3)C3C(=O)N(C)C(=O)N(C)C3=N2)cc1. The lowest BCUT2D eigenvalue weighted by Gasteiger charge is -2.32. The number of β-amino-alcohol motifs (C(OH)–C–C–N with tert-alkyl or cyclic N) is 1. The molecule has 0 bridgehead atoms. The van der Waals surface area contributed by atoms with E-state index in [9.17, 15) is 14.7 Å². The smallest absolute Gasteiger partial charge is 0.414 e. The van der Waals surface area contributed by atoms with E-state index in [1.54, 1.807) is 68.5 Å². The molecule has 0 aromatic heterocycles. The van der Waals surface area contributed by atoms with E-state index >= 15 is 0 Å². The summed E-state index contributed by atoms with van der Waals surface area (Å²) in [7, 11) is 6.12. The van der Waals surface area contributed by atoms with Crippen LogP contribution in [0, 0.1) is 0 Å². The number of aliphatic imine (C=N–C) groups is 1. The Bertz CT molecular complexity index is 1240. The molecular weight excluding hydrogens is 480 g/mol. The van der Waals surface area contributed by atoms with E-state index in [1.807, 2.05) is 12.1 Å². The second-order valence-corrected chi connectivity index (χ2v) is 8.37. The van der Waals surface area contributed by atoms with Crippen molar-refractivity contribution in [3.8, 4) is 17.2 Å². The molecule has 2 unspecified atom stereocenters. The fraction of sp³-hybridized carbons (Fsp3) is 0.320. The number of fused-ring (bicyclic) bond motifs is 1. The van der Waals surface area contributed by atoms with E-state index in [2.05, 4.69) is 15.5 Å². The van der Waals surface area contributed by atoms with Crippen LogP contribution in [0.25, 0.3) is 0 Å². The van der Waals surface area contributed by atoms with Crippen molar-refractivity contribution in [2.75, 3.05) is 41.5 Å². The topological polar surface area (TPSA) is 128 Å². The summed E-state index contributed by atoms with van der Waals surface area (Å²) in [4.78, 5) is 32.3. The first-order chi connectivity index (χ1) is 17.8. The fourth-order valence-corrected chi connectivity index (χ4v) is 3.88. The number of benzene rings is 2. The number of aliphatic hydroxyl groups is 1. The summed E-state index contributed by atoms with van der Waals surface area (Å²) in [5, 5.41) is 15.0. The highest BCUT2D eigenvalue weighted by Gasteiger charge is 2.51. The predicted octanol–water partition coefficient (Wildman–Crippen LogP) is 0.740. The Morgan fingerprint density at radius 1 is 1.03 bits per heavy atom. The number of likely N-dealkylation sites (N-methyl/N-ethyl adjacent to an activating group) is 2. The molecule has 2 atom stereocenters. The van der Waals surface area contributed by atoms with Crippen LogP contribution in [0.1, 0.15) is 5.56 Å². The van der Waals surface area contributed by atoms with E-state index in [0.717, 1.165) is 16.2 Å². The number of rotatable bonds is 9. The van der Waals surface area contributed by atoms with Crippen molar-refractivity contribution in [2.45, 2.75) is 12.1 Å². The van der Waals surface area contributed by atoms with Crippen molar-refractivity contribution >= 4 is 29.9 Å². The number of amides is 3. The van der Waals surface area contributed by atoms with Crippen LogP contribution in [-0.4, -0.2) is 103 Å². The van der Waals surface area contributed by atoms with Crippen LogP contribution >= 0.6 is 0 Å². The maximum Gasteiger partial charge on any atom is 0.414 e. The normalized spacial score (nSPS) is 18.2. The maximum absolute atomic E-state index is 13.0. The predicted molar refractivity (Wildman–Crippen MR) is 136 cm³/mol. The number of nitrogens with zero attached hydrogens (tertiary/aromatic N) is 5. The average molecular weight is 510 g/mol. The summed E-state index contributed by atoms with van der Waals surface area (Å²) in [5.41, 5.74) is 3.65. The molecule has 4 rings (SSSR count). The highest BCUT2D eigenvalue weighted by Crippen LogP contribution is 2.20. The van der Waals surface area contributed by atoms with Crippen LogP contribution in [0.15, 0.2) is 58.6 Å². The van der Waals surface area contributed by atoms with Gasteiger partial charge in [0.2, 0.25) is 11.9 Å². The molecule has 3 amide bonds. The number of ether oxygens (including phenoxy) is 3. The van der Waals surface area contributed by atoms with Crippen LogP contribution in [0.4, 0.5) is 4.79 Å². The Kier molecular flexibility index (Phi) is 7.68. The standard InChI is InChI=1S/C25H28N6O6/c1-29-22-21(23(33)30(2)25(29)34)31(14-17(32)15-37-20-11-9-19(36-4)10-12-20)24(27-22)28-26-13-16-5-7-18(35-3)8-6-16/h5-13,17,21,32H,14-15H2,1-4H3/p+1/b26-13+. The number of hydrogen-bond acceptors (Lipinski definition) is 9. The molecule has 0 spiro atoms. The van der Waals surface area contributed by atoms with Crippen LogP contribution in [0.3, 0.4) is 0 Å². The molecule has 2 heterocycles. The van der Waals surface area contributed by atoms with Gasteiger partial charge in [-0.25, -0.2) is 9.37 Å². The third kappa shape index (κ3) is 5.54. The van der Waals surface area contributed by atoms with E-state index in [0.29, 0.717) is 11.5 Å². The molecule has 2 aliphatic rings. The summed E-state index contributed by atoms with van der Waals surface area (Å²) < 4.78 is 17.6. The molecule has 0 radical (unpaired) electrons. The summed E-state index contributed by atoms with van der Waals surface area (Å²) in [6.07, 6.45) is 0.596. The third-order valence-electron chi connectivity index (χ3n) is 5.93. The highest BCUT2D eigenvalue weighted by atomic mass is 16.5. The van der Waals surface area contributed by atoms with Gasteiger partial charge in [-0.2, -0.15) is 5.43 Å². The molecule has 2 aromatic carbocycles. The number of nitrogens with one attached hydrogen (secondary N) is 1.